The third-order valence-corrected chi connectivity index (χ3v) is 8.12. The van der Waals surface area contributed by atoms with Crippen LogP contribution in [-0.4, -0.2) is 41.2 Å². The van der Waals surface area contributed by atoms with Crippen LogP contribution < -0.4 is 18.9 Å². The van der Waals surface area contributed by atoms with Gasteiger partial charge < -0.3 is 5.30 Å². The Morgan fingerprint density at radius 2 is 1.65 bits per heavy atom. The smallest absolute Gasteiger partial charge is 1.00 e. The van der Waals surface area contributed by atoms with Gasteiger partial charge in [0.1, 0.15) is 0 Å². The Morgan fingerprint density at radius 1 is 1.18 bits per heavy atom. The Morgan fingerprint density at radius 3 is 2.00 bits per heavy atom. The van der Waals surface area contributed by atoms with Crippen molar-refractivity contribution in [1.82, 2.24) is 0 Å². The molecule has 0 aromatic heterocycles. The van der Waals surface area contributed by atoms with Gasteiger partial charge in [0, 0.05) is 0 Å². The Labute approximate surface area is 118 Å². The van der Waals surface area contributed by atoms with Crippen LogP contribution in [0.3, 0.4) is 0 Å². The molecule has 0 amide bonds. The van der Waals surface area contributed by atoms with Gasteiger partial charge in [-0.05, 0) is 25.6 Å². The molecule has 0 fully saturated rings. The molecule has 100 valence electrons. The molecule has 0 saturated carbocycles. The zero-order chi connectivity index (χ0) is 13.0. The van der Waals surface area contributed by atoms with Gasteiger partial charge in [0.25, 0.3) is 20.2 Å². The van der Waals surface area contributed by atoms with Crippen molar-refractivity contribution in [3.63, 3.8) is 0 Å². The van der Waals surface area contributed by atoms with E-state index in [9.17, 15) is 16.8 Å². The van der Waals surface area contributed by atoms with Crippen molar-refractivity contribution in [3.05, 3.63) is 0 Å². The largest absolute Gasteiger partial charge is 1.00 e. The van der Waals surface area contributed by atoms with E-state index in [4.69, 9.17) is 8.42 Å². The van der Waals surface area contributed by atoms with Crippen molar-refractivity contribution in [2.45, 2.75) is 32.5 Å². The van der Waals surface area contributed by atoms with E-state index in [2.05, 4.69) is 0 Å². The van der Waals surface area contributed by atoms with Gasteiger partial charge in [0.15, 0.2) is 0 Å². The van der Waals surface area contributed by atoms with E-state index in [1.165, 1.54) is 0 Å². The van der Waals surface area contributed by atoms with Gasteiger partial charge in [0.2, 0.25) is 8.32 Å². The Hall–Kier alpha value is 0.634. The van der Waals surface area contributed by atoms with Gasteiger partial charge in [-0.3, -0.25) is 4.55 Å². The van der Waals surface area contributed by atoms with E-state index in [1.54, 1.807) is 13.1 Å². The van der Waals surface area contributed by atoms with Crippen LogP contribution in [-0.2, 0) is 24.1 Å². The SMILES string of the molecule is CC[Si](C)(C)OS(=O)(=O)CCCS(=O)(=O)O.[H-].[Li+]. The summed E-state index contributed by atoms with van der Waals surface area (Å²) in [6, 6.07) is 0.657. The summed E-state index contributed by atoms with van der Waals surface area (Å²) in [6.45, 7) is 5.39. The molecule has 0 heterocycles. The second-order valence-corrected chi connectivity index (χ2v) is 12.1. The normalized spacial score (nSPS) is 13.2. The zero-order valence-corrected chi connectivity index (χ0v) is 13.3. The van der Waals surface area contributed by atoms with Gasteiger partial charge in [-0.15, -0.1) is 0 Å². The predicted octanol–water partition coefficient (Wildman–Crippen LogP) is -2.05. The van der Waals surface area contributed by atoms with E-state index < -0.39 is 34.3 Å². The molecule has 0 aliphatic rings. The first-order chi connectivity index (χ1) is 6.97. The minimum Gasteiger partial charge on any atom is -1.00 e. The van der Waals surface area contributed by atoms with Crippen LogP contribution in [0.25, 0.3) is 0 Å². The second kappa shape index (κ2) is 7.28. The number of hydrogen-bond donors (Lipinski definition) is 1. The molecule has 1 N–H and O–H groups in total. The summed E-state index contributed by atoms with van der Waals surface area (Å²) >= 11 is 0. The van der Waals surface area contributed by atoms with Gasteiger partial charge in [-0.1, -0.05) is 6.92 Å². The van der Waals surface area contributed by atoms with Crippen LogP contribution in [0.4, 0.5) is 0 Å². The van der Waals surface area contributed by atoms with Crippen LogP contribution in [0.1, 0.15) is 14.8 Å². The maximum Gasteiger partial charge on any atom is 1.00 e. The van der Waals surface area contributed by atoms with Gasteiger partial charge in [0.05, 0.1) is 11.5 Å². The van der Waals surface area contributed by atoms with E-state index in [0.717, 1.165) is 0 Å². The number of hydrogen-bond acceptors (Lipinski definition) is 5. The van der Waals surface area contributed by atoms with E-state index in [1.807, 2.05) is 6.92 Å². The summed E-state index contributed by atoms with van der Waals surface area (Å²) in [5, 5.41) is 0. The van der Waals surface area contributed by atoms with Crippen molar-refractivity contribution < 1.29 is 45.5 Å². The standard InChI is InChI=1S/C7H18O6S2Si.Li.H/c1-4-16(2,3)13-15(11,12)7-5-6-14(8,9)10;;/h4-7H2,1-3H3,(H,8,9,10);;/q;+1;-1. The molecule has 0 radical (unpaired) electrons. The quantitative estimate of drug-likeness (QED) is 0.429. The maximum atomic E-state index is 11.4. The van der Waals surface area contributed by atoms with Crippen LogP contribution >= 0.6 is 0 Å². The summed E-state index contributed by atoms with van der Waals surface area (Å²) in [5.74, 6) is -0.951. The number of rotatable bonds is 7. The fourth-order valence-electron chi connectivity index (χ4n) is 0.862. The predicted molar refractivity (Wildman–Crippen MR) is 65.0 cm³/mol. The van der Waals surface area contributed by atoms with Gasteiger partial charge >= 0.3 is 18.9 Å². The molecule has 0 bridgehead atoms. The maximum absolute atomic E-state index is 11.4. The third-order valence-electron chi connectivity index (χ3n) is 2.00. The van der Waals surface area contributed by atoms with Crippen LogP contribution in [0.5, 0.6) is 0 Å². The molecule has 0 rings (SSSR count). The minimum absolute atomic E-state index is 0. The molecule has 0 unspecified atom stereocenters. The first-order valence-electron chi connectivity index (χ1n) is 4.86. The van der Waals surface area contributed by atoms with Gasteiger partial charge in [-0.25, -0.2) is 8.42 Å². The van der Waals surface area contributed by atoms with Crippen LogP contribution in [0, 0.1) is 0 Å². The van der Waals surface area contributed by atoms with E-state index in [-0.39, 0.29) is 32.5 Å². The monoisotopic (exact) mass is 298 g/mol. The fraction of sp³-hybridized carbons (Fsp3) is 1.00. The molecule has 0 aliphatic carbocycles. The summed E-state index contributed by atoms with van der Waals surface area (Å²) in [6.07, 6.45) is -0.157. The molecule has 6 nitrogen and oxygen atoms in total. The zero-order valence-electron chi connectivity index (χ0n) is 11.6. The second-order valence-electron chi connectivity index (χ2n) is 4.10. The first kappa shape index (κ1) is 20.0. The van der Waals surface area contributed by atoms with Crippen LogP contribution in [0.2, 0.25) is 19.1 Å². The fourth-order valence-corrected chi connectivity index (χ4v) is 5.61. The molecule has 0 atom stereocenters. The first-order valence-corrected chi connectivity index (χ1v) is 11.2. The van der Waals surface area contributed by atoms with E-state index in [0.29, 0.717) is 6.04 Å². The molecule has 0 aromatic rings. The van der Waals surface area contributed by atoms with Gasteiger partial charge in [-0.2, -0.15) is 8.42 Å². The third kappa shape index (κ3) is 11.5. The summed E-state index contributed by atoms with van der Waals surface area (Å²) in [4.78, 5) is 0. The van der Waals surface area contributed by atoms with Crippen molar-refractivity contribution in [2.24, 2.45) is 0 Å². The Bertz CT molecular complexity index is 421. The Balaban J connectivity index is -0.00000112. The average molecular weight is 298 g/mol. The molecule has 17 heavy (non-hydrogen) atoms. The molecule has 0 aliphatic heterocycles. The van der Waals surface area contributed by atoms with E-state index >= 15 is 0 Å². The Kier molecular flexibility index (Phi) is 8.55. The van der Waals surface area contributed by atoms with Crippen molar-refractivity contribution in [2.75, 3.05) is 11.5 Å². The molecule has 0 spiro atoms. The molecule has 0 saturated heterocycles. The molecule has 10 heteroatoms. The van der Waals surface area contributed by atoms with Crippen LogP contribution in [0.15, 0.2) is 0 Å². The summed E-state index contributed by atoms with van der Waals surface area (Å²) < 4.78 is 57.1. The van der Waals surface area contributed by atoms with Crippen molar-refractivity contribution in [1.29, 1.82) is 0 Å². The van der Waals surface area contributed by atoms with Crippen molar-refractivity contribution >= 4 is 28.6 Å². The topological polar surface area (TPSA) is 97.7 Å². The summed E-state index contributed by atoms with van der Waals surface area (Å²) in [5.41, 5.74) is 0. The molecular weight excluding hydrogens is 279 g/mol. The molecule has 0 aromatic carbocycles. The summed E-state index contributed by atoms with van der Waals surface area (Å²) in [7, 11) is -10.0. The minimum atomic E-state index is -4.10. The molecular formula is C7H19LiO6S2Si. The average Bonchev–Trinajstić information content (AvgIpc) is 1.99. The van der Waals surface area contributed by atoms with Crippen molar-refractivity contribution in [3.8, 4) is 0 Å².